The zero-order chi connectivity index (χ0) is 6.85. The van der Waals surface area contributed by atoms with Crippen LogP contribution in [0.1, 0.15) is 6.92 Å². The quantitative estimate of drug-likeness (QED) is 0.479. The average molecular weight is 130 g/mol. The Morgan fingerprint density at radius 2 is 2.56 bits per heavy atom. The molecule has 0 bridgehead atoms. The molecule has 0 spiro atoms. The normalized spacial score (nSPS) is 34.8. The molecule has 1 fully saturated rings. The molecule has 1 aliphatic rings. The third-order valence-corrected chi connectivity index (χ3v) is 1.50. The molecule has 4 heteroatoms. The van der Waals surface area contributed by atoms with Gasteiger partial charge in [0.2, 0.25) is 5.91 Å². The Bertz CT molecular complexity index is 126. The van der Waals surface area contributed by atoms with Gasteiger partial charge in [0.15, 0.2) is 0 Å². The summed E-state index contributed by atoms with van der Waals surface area (Å²) >= 11 is 0. The van der Waals surface area contributed by atoms with Gasteiger partial charge in [0.25, 0.3) is 0 Å². The molecule has 2 unspecified atom stereocenters. The number of hydroxylamine groups is 1. The maximum Gasteiger partial charge on any atom is 0.224 e. The summed E-state index contributed by atoms with van der Waals surface area (Å²) in [6, 6.07) is 0. The summed E-state index contributed by atoms with van der Waals surface area (Å²) < 4.78 is 0. The third kappa shape index (κ3) is 1.20. The molecule has 3 N–H and O–H groups in total. The van der Waals surface area contributed by atoms with Gasteiger partial charge in [0, 0.05) is 6.54 Å². The number of carbonyl (C=O) groups is 1. The van der Waals surface area contributed by atoms with Crippen LogP contribution in [0.4, 0.5) is 0 Å². The lowest BCUT2D eigenvalue weighted by atomic mass is 10.1. The van der Waals surface area contributed by atoms with E-state index < -0.39 is 0 Å². The highest BCUT2D eigenvalue weighted by Crippen LogP contribution is 2.10. The zero-order valence-electron chi connectivity index (χ0n) is 5.26. The van der Waals surface area contributed by atoms with Crippen LogP contribution in [0.3, 0.4) is 0 Å². The first-order valence-electron chi connectivity index (χ1n) is 2.89. The van der Waals surface area contributed by atoms with Crippen molar-refractivity contribution in [3.63, 3.8) is 0 Å². The van der Waals surface area contributed by atoms with E-state index in [0.717, 1.165) is 0 Å². The van der Waals surface area contributed by atoms with Crippen LogP contribution in [0.25, 0.3) is 0 Å². The number of nitrogens with two attached hydrogens (primary N) is 1. The highest BCUT2D eigenvalue weighted by molar-refractivity contribution is 5.77. The van der Waals surface area contributed by atoms with E-state index in [4.69, 9.17) is 10.6 Å². The molecule has 2 atom stereocenters. The summed E-state index contributed by atoms with van der Waals surface area (Å²) in [5, 5.41) is 0. The van der Waals surface area contributed by atoms with Gasteiger partial charge in [-0.25, -0.2) is 5.48 Å². The maximum absolute atomic E-state index is 10.5. The number of nitrogens with one attached hydrogen (secondary N) is 1. The molecule has 0 radical (unpaired) electrons. The predicted octanol–water partition coefficient (Wildman–Crippen LogP) is -0.989. The van der Waals surface area contributed by atoms with Crippen LogP contribution >= 0.6 is 0 Å². The molecule has 9 heavy (non-hydrogen) atoms. The molecule has 0 aromatic rings. The van der Waals surface area contributed by atoms with E-state index in [1.165, 1.54) is 0 Å². The summed E-state index contributed by atoms with van der Waals surface area (Å²) in [6.07, 6.45) is -0.0810. The van der Waals surface area contributed by atoms with Crippen molar-refractivity contribution in [3.05, 3.63) is 0 Å². The van der Waals surface area contributed by atoms with Gasteiger partial charge < -0.3 is 5.73 Å². The lowest BCUT2D eigenvalue weighted by Gasteiger charge is -2.05. The van der Waals surface area contributed by atoms with E-state index in [1.54, 1.807) is 0 Å². The Morgan fingerprint density at radius 3 is 2.78 bits per heavy atom. The van der Waals surface area contributed by atoms with Gasteiger partial charge in [0.05, 0.1) is 12.0 Å². The summed E-state index contributed by atoms with van der Waals surface area (Å²) in [6.45, 7) is 2.35. The van der Waals surface area contributed by atoms with Gasteiger partial charge in [-0.15, -0.1) is 0 Å². The molecule has 0 saturated carbocycles. The van der Waals surface area contributed by atoms with E-state index in [9.17, 15) is 4.79 Å². The minimum Gasteiger partial charge on any atom is -0.369 e. The van der Waals surface area contributed by atoms with E-state index in [2.05, 4.69) is 5.48 Å². The van der Waals surface area contributed by atoms with Crippen molar-refractivity contribution in [3.8, 4) is 0 Å². The molecular formula is C5H10N2O2. The molecular weight excluding hydrogens is 120 g/mol. The largest absolute Gasteiger partial charge is 0.369 e. The zero-order valence-corrected chi connectivity index (χ0v) is 5.26. The maximum atomic E-state index is 10.5. The van der Waals surface area contributed by atoms with Gasteiger partial charge in [-0.1, -0.05) is 0 Å². The van der Waals surface area contributed by atoms with Crippen molar-refractivity contribution in [2.75, 3.05) is 6.54 Å². The second-order valence-corrected chi connectivity index (χ2v) is 2.18. The van der Waals surface area contributed by atoms with E-state index in [1.807, 2.05) is 6.92 Å². The van der Waals surface area contributed by atoms with Gasteiger partial charge in [-0.3, -0.25) is 9.63 Å². The minimum atomic E-state index is -0.299. The van der Waals surface area contributed by atoms with Gasteiger partial charge >= 0.3 is 0 Å². The molecule has 1 amide bonds. The van der Waals surface area contributed by atoms with Crippen LogP contribution in [-0.2, 0) is 9.63 Å². The topological polar surface area (TPSA) is 64.3 Å². The van der Waals surface area contributed by atoms with Crippen LogP contribution in [-0.4, -0.2) is 18.6 Å². The Kier molecular flexibility index (Phi) is 1.68. The van der Waals surface area contributed by atoms with Crippen molar-refractivity contribution >= 4 is 5.91 Å². The molecule has 1 rings (SSSR count). The number of primary amides is 1. The van der Waals surface area contributed by atoms with Crippen LogP contribution in [0.2, 0.25) is 0 Å². The fraction of sp³-hybridized carbons (Fsp3) is 0.800. The average Bonchev–Trinajstić information content (AvgIpc) is 2.13. The first-order valence-corrected chi connectivity index (χ1v) is 2.89. The lowest BCUT2D eigenvalue weighted by molar-refractivity contribution is -0.122. The standard InChI is InChI=1S/C5H10N2O2/c1-3-4(5(6)8)2-7-9-3/h3-4,7H,2H2,1H3,(H2,6,8). The summed E-state index contributed by atoms with van der Waals surface area (Å²) in [4.78, 5) is 15.4. The molecule has 4 nitrogen and oxygen atoms in total. The number of amides is 1. The van der Waals surface area contributed by atoms with Gasteiger partial charge in [-0.05, 0) is 6.92 Å². The van der Waals surface area contributed by atoms with Crippen molar-refractivity contribution in [2.45, 2.75) is 13.0 Å². The molecule has 0 aromatic carbocycles. The number of hydrogen-bond donors (Lipinski definition) is 2. The van der Waals surface area contributed by atoms with E-state index in [0.29, 0.717) is 6.54 Å². The molecule has 1 saturated heterocycles. The van der Waals surface area contributed by atoms with Crippen molar-refractivity contribution in [1.82, 2.24) is 5.48 Å². The van der Waals surface area contributed by atoms with Crippen molar-refractivity contribution in [2.24, 2.45) is 11.7 Å². The predicted molar refractivity (Wildman–Crippen MR) is 31.2 cm³/mol. The minimum absolute atomic E-state index is 0.0810. The Balaban J connectivity index is 2.49. The van der Waals surface area contributed by atoms with Crippen LogP contribution < -0.4 is 11.2 Å². The van der Waals surface area contributed by atoms with Crippen LogP contribution in [0.5, 0.6) is 0 Å². The Morgan fingerprint density at radius 1 is 1.89 bits per heavy atom. The monoisotopic (exact) mass is 130 g/mol. The molecule has 1 heterocycles. The second kappa shape index (κ2) is 2.33. The highest BCUT2D eigenvalue weighted by atomic mass is 16.7. The van der Waals surface area contributed by atoms with Crippen LogP contribution in [0, 0.1) is 5.92 Å². The fourth-order valence-electron chi connectivity index (χ4n) is 0.849. The number of hydrogen-bond acceptors (Lipinski definition) is 3. The molecule has 0 aromatic heterocycles. The molecule has 52 valence electrons. The fourth-order valence-corrected chi connectivity index (χ4v) is 0.849. The summed E-state index contributed by atoms with van der Waals surface area (Å²) in [7, 11) is 0. The van der Waals surface area contributed by atoms with E-state index >= 15 is 0 Å². The third-order valence-electron chi connectivity index (χ3n) is 1.50. The first kappa shape index (κ1) is 6.51. The molecule has 0 aliphatic carbocycles. The smallest absolute Gasteiger partial charge is 0.224 e. The number of rotatable bonds is 1. The Hall–Kier alpha value is -0.610. The first-order chi connectivity index (χ1) is 4.22. The molecule has 1 aliphatic heterocycles. The van der Waals surface area contributed by atoms with Gasteiger partial charge in [-0.2, -0.15) is 0 Å². The second-order valence-electron chi connectivity index (χ2n) is 2.18. The van der Waals surface area contributed by atoms with Crippen LogP contribution in [0.15, 0.2) is 0 Å². The van der Waals surface area contributed by atoms with Crippen molar-refractivity contribution < 1.29 is 9.63 Å². The Labute approximate surface area is 53.3 Å². The van der Waals surface area contributed by atoms with Gasteiger partial charge in [0.1, 0.15) is 0 Å². The van der Waals surface area contributed by atoms with Crippen molar-refractivity contribution in [1.29, 1.82) is 0 Å². The summed E-state index contributed by atoms with van der Waals surface area (Å²) in [5.74, 6) is -0.461. The highest BCUT2D eigenvalue weighted by Gasteiger charge is 2.28. The SMILES string of the molecule is CC1ONCC1C(N)=O. The summed E-state index contributed by atoms with van der Waals surface area (Å²) in [5.41, 5.74) is 7.63. The lowest BCUT2D eigenvalue weighted by Crippen LogP contribution is -2.30. The number of carbonyl (C=O) groups excluding carboxylic acids is 1. The van der Waals surface area contributed by atoms with E-state index in [-0.39, 0.29) is 17.9 Å².